The van der Waals surface area contributed by atoms with Crippen LogP contribution in [0.25, 0.3) is 32.4 Å². The van der Waals surface area contributed by atoms with Crippen LogP contribution in [0.3, 0.4) is 0 Å². The number of hydrogen-bond acceptors (Lipinski definition) is 6. The second kappa shape index (κ2) is 7.53. The molecule has 0 aliphatic heterocycles. The molecule has 0 saturated heterocycles. The number of thiazole rings is 1. The molecule has 6 nitrogen and oxygen atoms in total. The molecule has 146 valence electrons. The van der Waals surface area contributed by atoms with E-state index < -0.39 is 0 Å². The highest BCUT2D eigenvalue weighted by Gasteiger charge is 2.16. The third kappa shape index (κ3) is 3.25. The summed E-state index contributed by atoms with van der Waals surface area (Å²) >= 11 is 1.41. The molecule has 0 bridgehead atoms. The van der Waals surface area contributed by atoms with Crippen molar-refractivity contribution in [2.24, 2.45) is 0 Å². The molecule has 0 unspecified atom stereocenters. The van der Waals surface area contributed by atoms with Crippen molar-refractivity contribution in [2.45, 2.75) is 0 Å². The first-order chi connectivity index (χ1) is 14.7. The molecule has 1 amide bonds. The SMILES string of the molecule is COc1cccc2sc(NC(=O)c3cc(-c4cccnc4)nc4ccccc34)nc12. The fraction of sp³-hybridized carbons (Fsp3) is 0.0435. The number of rotatable bonds is 4. The number of methoxy groups -OCH3 is 1. The maximum absolute atomic E-state index is 13.2. The van der Waals surface area contributed by atoms with Crippen LogP contribution in [0.4, 0.5) is 5.13 Å². The molecule has 0 aliphatic rings. The van der Waals surface area contributed by atoms with Crippen molar-refractivity contribution in [3.8, 4) is 17.0 Å². The van der Waals surface area contributed by atoms with Crippen molar-refractivity contribution < 1.29 is 9.53 Å². The van der Waals surface area contributed by atoms with Gasteiger partial charge >= 0.3 is 0 Å². The van der Waals surface area contributed by atoms with Gasteiger partial charge in [0.2, 0.25) is 0 Å². The molecule has 5 aromatic rings. The highest BCUT2D eigenvalue weighted by Crippen LogP contribution is 2.33. The number of carbonyl (C=O) groups excluding carboxylic acids is 1. The topological polar surface area (TPSA) is 77.0 Å². The summed E-state index contributed by atoms with van der Waals surface area (Å²) in [5.41, 5.74) is 3.55. The lowest BCUT2D eigenvalue weighted by Gasteiger charge is -2.09. The van der Waals surface area contributed by atoms with Crippen molar-refractivity contribution in [2.75, 3.05) is 12.4 Å². The minimum atomic E-state index is -0.239. The predicted molar refractivity (Wildman–Crippen MR) is 119 cm³/mol. The molecule has 0 radical (unpaired) electrons. The zero-order valence-electron chi connectivity index (χ0n) is 16.0. The van der Waals surface area contributed by atoms with Gasteiger partial charge in [0, 0.05) is 23.3 Å². The minimum Gasteiger partial charge on any atom is -0.494 e. The van der Waals surface area contributed by atoms with Crippen LogP contribution in [-0.2, 0) is 0 Å². The number of amides is 1. The third-order valence-corrected chi connectivity index (χ3v) is 5.68. The smallest absolute Gasteiger partial charge is 0.258 e. The standard InChI is InChI=1S/C23H16N4O2S/c1-29-19-9-4-10-20-21(19)26-23(30-20)27-22(28)16-12-18(14-6-5-11-24-13-14)25-17-8-3-2-7-15(16)17/h2-13H,1H3,(H,26,27,28). The first kappa shape index (κ1) is 18.2. The van der Waals surface area contributed by atoms with Crippen LogP contribution < -0.4 is 10.1 Å². The van der Waals surface area contributed by atoms with Gasteiger partial charge in [0.15, 0.2) is 5.13 Å². The number of nitrogens with zero attached hydrogens (tertiary/aromatic N) is 3. The number of carbonyl (C=O) groups is 1. The average molecular weight is 412 g/mol. The Morgan fingerprint density at radius 3 is 2.77 bits per heavy atom. The highest BCUT2D eigenvalue weighted by molar-refractivity contribution is 7.22. The van der Waals surface area contributed by atoms with Gasteiger partial charge in [-0.1, -0.05) is 35.6 Å². The number of anilines is 1. The van der Waals surface area contributed by atoms with Crippen molar-refractivity contribution in [1.29, 1.82) is 0 Å². The van der Waals surface area contributed by atoms with E-state index in [-0.39, 0.29) is 5.91 Å². The maximum atomic E-state index is 13.2. The second-order valence-electron chi connectivity index (χ2n) is 6.59. The summed E-state index contributed by atoms with van der Waals surface area (Å²) in [6.07, 6.45) is 3.44. The fourth-order valence-corrected chi connectivity index (χ4v) is 4.21. The van der Waals surface area contributed by atoms with Gasteiger partial charge in [-0.05, 0) is 36.4 Å². The molecule has 1 N–H and O–H groups in total. The van der Waals surface area contributed by atoms with Gasteiger partial charge in [-0.3, -0.25) is 15.1 Å². The number of hydrogen-bond donors (Lipinski definition) is 1. The fourth-order valence-electron chi connectivity index (χ4n) is 3.33. The summed E-state index contributed by atoms with van der Waals surface area (Å²) in [7, 11) is 1.61. The summed E-state index contributed by atoms with van der Waals surface area (Å²) in [5.74, 6) is 0.439. The van der Waals surface area contributed by atoms with Crippen molar-refractivity contribution in [3.63, 3.8) is 0 Å². The van der Waals surface area contributed by atoms with Crippen LogP contribution >= 0.6 is 11.3 Å². The Labute approximate surface area is 176 Å². The highest BCUT2D eigenvalue weighted by atomic mass is 32.1. The summed E-state index contributed by atoms with van der Waals surface area (Å²) in [6, 6.07) is 18.9. The first-order valence-electron chi connectivity index (χ1n) is 9.28. The van der Waals surface area contributed by atoms with Crippen LogP contribution in [-0.4, -0.2) is 28.0 Å². The quantitative estimate of drug-likeness (QED) is 0.441. The molecule has 2 aromatic carbocycles. The Hall–Kier alpha value is -3.84. The Balaban J connectivity index is 1.57. The number of aromatic nitrogens is 3. The van der Waals surface area contributed by atoms with Gasteiger partial charge in [-0.25, -0.2) is 9.97 Å². The van der Waals surface area contributed by atoms with Gasteiger partial charge < -0.3 is 4.74 Å². The van der Waals surface area contributed by atoms with E-state index in [1.54, 1.807) is 25.6 Å². The molecule has 7 heteroatoms. The third-order valence-electron chi connectivity index (χ3n) is 4.74. The molecule has 3 heterocycles. The van der Waals surface area contributed by atoms with Gasteiger partial charge in [0.05, 0.1) is 28.6 Å². The average Bonchev–Trinajstić information content (AvgIpc) is 3.21. The van der Waals surface area contributed by atoms with Gasteiger partial charge in [0.1, 0.15) is 11.3 Å². The molecule has 30 heavy (non-hydrogen) atoms. The first-order valence-corrected chi connectivity index (χ1v) is 10.1. The van der Waals surface area contributed by atoms with Crippen LogP contribution in [0.15, 0.2) is 73.1 Å². The minimum absolute atomic E-state index is 0.239. The molecule has 5 rings (SSSR count). The predicted octanol–water partition coefficient (Wildman–Crippen LogP) is 5.17. The monoisotopic (exact) mass is 412 g/mol. The van der Waals surface area contributed by atoms with E-state index in [9.17, 15) is 4.79 Å². The summed E-state index contributed by atoms with van der Waals surface area (Å²) in [6.45, 7) is 0. The van der Waals surface area contributed by atoms with E-state index in [4.69, 9.17) is 9.72 Å². The summed E-state index contributed by atoms with van der Waals surface area (Å²) in [5, 5.41) is 4.24. The molecule has 0 saturated carbocycles. The number of para-hydroxylation sites is 2. The molecule has 0 fully saturated rings. The maximum Gasteiger partial charge on any atom is 0.258 e. The Kier molecular flexibility index (Phi) is 4.57. The molecule has 0 spiro atoms. The zero-order chi connectivity index (χ0) is 20.5. The van der Waals surface area contributed by atoms with E-state index in [1.807, 2.05) is 54.6 Å². The van der Waals surface area contributed by atoms with Crippen molar-refractivity contribution in [3.05, 3.63) is 78.6 Å². The summed E-state index contributed by atoms with van der Waals surface area (Å²) < 4.78 is 6.31. The lowest BCUT2D eigenvalue weighted by Crippen LogP contribution is -2.13. The number of pyridine rings is 2. The summed E-state index contributed by atoms with van der Waals surface area (Å²) in [4.78, 5) is 26.6. The van der Waals surface area contributed by atoms with Crippen LogP contribution in [0, 0.1) is 0 Å². The lowest BCUT2D eigenvalue weighted by molar-refractivity contribution is 0.102. The van der Waals surface area contributed by atoms with Crippen LogP contribution in [0.1, 0.15) is 10.4 Å². The van der Waals surface area contributed by atoms with Crippen LogP contribution in [0.2, 0.25) is 0 Å². The number of ether oxygens (including phenoxy) is 1. The molecule has 0 atom stereocenters. The Morgan fingerprint density at radius 1 is 1.03 bits per heavy atom. The number of benzene rings is 2. The Bertz CT molecular complexity index is 1380. The van der Waals surface area contributed by atoms with E-state index in [0.717, 1.165) is 26.7 Å². The molecule has 0 aliphatic carbocycles. The second-order valence-corrected chi connectivity index (χ2v) is 7.62. The zero-order valence-corrected chi connectivity index (χ0v) is 16.8. The Morgan fingerprint density at radius 2 is 1.93 bits per heavy atom. The molecular formula is C23H16N4O2S. The van der Waals surface area contributed by atoms with E-state index >= 15 is 0 Å². The van der Waals surface area contributed by atoms with E-state index in [1.165, 1.54) is 11.3 Å². The van der Waals surface area contributed by atoms with E-state index in [0.29, 0.717) is 22.1 Å². The van der Waals surface area contributed by atoms with Gasteiger partial charge in [0.25, 0.3) is 5.91 Å². The van der Waals surface area contributed by atoms with Crippen molar-refractivity contribution >= 4 is 43.5 Å². The van der Waals surface area contributed by atoms with Crippen LogP contribution in [0.5, 0.6) is 5.75 Å². The largest absolute Gasteiger partial charge is 0.494 e. The van der Waals surface area contributed by atoms with Crippen molar-refractivity contribution in [1.82, 2.24) is 15.0 Å². The normalized spacial score (nSPS) is 11.0. The number of fused-ring (bicyclic) bond motifs is 2. The van der Waals surface area contributed by atoms with Gasteiger partial charge in [-0.15, -0.1) is 0 Å². The lowest BCUT2D eigenvalue weighted by atomic mass is 10.0. The molecular weight excluding hydrogens is 396 g/mol. The molecule has 3 aromatic heterocycles. The van der Waals surface area contributed by atoms with E-state index in [2.05, 4.69) is 15.3 Å². The van der Waals surface area contributed by atoms with Gasteiger partial charge in [-0.2, -0.15) is 0 Å². The number of nitrogens with one attached hydrogen (secondary N) is 1.